The van der Waals surface area contributed by atoms with Gasteiger partial charge in [0.2, 0.25) is 27.8 Å². The lowest BCUT2D eigenvalue weighted by Crippen LogP contribution is -2.42. The maximum Gasteiger partial charge on any atom is 0.532 e. The molecule has 14 radical (unpaired) electrons. The van der Waals surface area contributed by atoms with Crippen molar-refractivity contribution in [3.8, 4) is 6.07 Å². The van der Waals surface area contributed by atoms with Crippen LogP contribution in [0, 0.1) is 35.0 Å². The molecule has 7 aliphatic rings. The molecule has 23 atom stereocenters. The van der Waals surface area contributed by atoms with Crippen LogP contribution in [-0.2, 0) is 124 Å². The number of phosphoric acid groups is 6. The Kier molecular flexibility index (Phi) is 61.7. The predicted molar refractivity (Wildman–Crippen MR) is 475 cm³/mol. The number of thiocarbonyl (C=S) groups is 1. The number of carboxylic acid groups (broad SMARTS) is 1. The van der Waals surface area contributed by atoms with Crippen molar-refractivity contribution in [2.75, 3.05) is 52.9 Å². The Balaban J connectivity index is 0. The molecule has 7 rings (SSSR count). The number of halogens is 22. The highest BCUT2D eigenvalue weighted by atomic mass is 35.6. The van der Waals surface area contributed by atoms with Crippen LogP contribution in [0.5, 0.6) is 0 Å². The van der Waals surface area contributed by atoms with Gasteiger partial charge in [-0.05, 0) is 80.8 Å². The number of nitrogens with zero attached hydrogens (tertiary/aromatic N) is 1. The van der Waals surface area contributed by atoms with Crippen molar-refractivity contribution in [2.24, 2.45) is 23.7 Å². The fraction of sp³-hybridized carbons (Fsp3) is 0.926. The first-order valence-corrected chi connectivity index (χ1v) is 51.1. The van der Waals surface area contributed by atoms with Crippen LogP contribution in [0.3, 0.4) is 0 Å². The summed E-state index contributed by atoms with van der Waals surface area (Å²) >= 11 is 104. The third-order valence-corrected chi connectivity index (χ3v) is 25.2. The second kappa shape index (κ2) is 59.0. The minimum Gasteiger partial charge on any atom is -0.481 e. The number of hydrogen-bond donors (Lipinski definition) is 10. The predicted octanol–water partition coefficient (Wildman–Crippen LogP) is 11.8. The van der Waals surface area contributed by atoms with Crippen molar-refractivity contribution < 1.29 is 197 Å². The Morgan fingerprint density at radius 3 is 0.961 bits per heavy atom. The molecule has 0 bridgehead atoms. The SMILES string of the molecule is CC#N.O.[B][C@H]1C[C@@H](C)[C@@H](C(=O)OP(=O)(OCC(Cl)(Cl)Cl)OCC(Cl)(Cl)Cl)O1.[B][C@H]1C[C@@H](C)[C@@H](C(=S)OP(=O)(OCC(Cl)(Cl)Cl)OCC(Cl)(Cl)Cl)O1.[B][C@H]1C[C@@H](C)[C@@H](CC(=O)O)O1.[B][C@H]1C[C@@H](C)[C@@H](CO)O1.[B][C@H]1C[C@@H](O)[C@@H](C(F)(F)OP(=O)(O)OP(=O)(O)OP(=O)(O)O)O1.[B][C@H]1C[C@@H](O)[C@@H](C(F)(F)OP(=O)(OCC(Cl)(Cl)Cl)OCC(Cl)(Cl)Cl)O1.[B][C@H]1C[C@@H](O)[C@@H](CO)O1. The van der Waals surface area contributed by atoms with E-state index in [2.05, 4.69) is 36.2 Å². The van der Waals surface area contributed by atoms with Crippen LogP contribution in [0.25, 0.3) is 0 Å². The maximum absolute atomic E-state index is 14.2. The Labute approximate surface area is 841 Å². The number of carboxylic acids is 1. The van der Waals surface area contributed by atoms with Crippen LogP contribution in [0.1, 0.15) is 86.0 Å². The molecular formula is C54H80B7Cl18F4NO38P6S. The van der Waals surface area contributed by atoms with Crippen molar-refractivity contribution in [1.82, 2.24) is 0 Å². The normalized spacial score (nSPS) is 29.6. The Hall–Kier alpha value is 4.01. The summed E-state index contributed by atoms with van der Waals surface area (Å²) in [5.41, 5.74) is 0. The first kappa shape index (κ1) is 135. The standard InChI is InChI=1S/C10H12BCl6O6P.C10H12BCl6O5PS.C9H10BCl6F2O6P.C7H11BO3.C6H11BO2.C5H10BF2O12P3.C5H9BO3.C2H3N.H2O/c1-5-2-6(11)22-7(5)8(18)23-24(19,20-3-9(12,13)14)21-4-10(15,16)17;1-5-2-6(11)21-7(5)8(24)22-23(18,19-3-9(12,13)14)20-4-10(15,16)17;10-5-1-4(19)6(23-5)9(17,18)24-25(20,21-2-7(11,12)13)22-3-8(14,15)16;1-4-2-6(8)11-5(4)3-7(9)10;1-4-2-6(7)9-5(4)3-8;6-3-1-2(9)4(17-3)5(7,8)18-22(13,14)20-23(15,16)19-21(10,11)12;6-5-1-3(8)4(2-7)9-5;1-2-3;/h2*5-7H,2-4H2,1H3;4-6,19H,1-3H2;4-6H,2-3H2,1H3,(H,9,10);4-6,8H,2-3H2,1H3;2-4,9H,1H2,(H,13,14)(H,15,16)(H2,10,11,12);3-5,7-8H,1-2H2;1H3;1H2/t2*5-,6-,7+;4-,5-,6+;2*4-,5-,6-;2-,3-,4+;3-,4-,5-;;/m1111111../s1. The second-order valence-corrected chi connectivity index (χ2v) is 51.5. The highest BCUT2D eigenvalue weighted by Crippen LogP contribution is 2.68. The van der Waals surface area contributed by atoms with Gasteiger partial charge in [0, 0.05) is 48.9 Å². The van der Waals surface area contributed by atoms with Gasteiger partial charge in [-0.2, -0.15) is 31.4 Å². The zero-order chi connectivity index (χ0) is 100. The maximum atomic E-state index is 14.2. The highest BCUT2D eigenvalue weighted by Gasteiger charge is 2.59. The van der Waals surface area contributed by atoms with Gasteiger partial charge in [-0.1, -0.05) is 237 Å². The number of aliphatic carboxylic acids is 1. The molecule has 129 heavy (non-hydrogen) atoms. The van der Waals surface area contributed by atoms with Crippen molar-refractivity contribution in [1.29, 1.82) is 5.26 Å². The van der Waals surface area contributed by atoms with Gasteiger partial charge in [-0.25, -0.2) is 41.2 Å². The zero-order valence-electron chi connectivity index (χ0n) is 66.3. The zero-order valence-corrected chi connectivity index (χ0v) is 86.1. The topological polar surface area (TPSA) is 570 Å². The molecule has 39 nitrogen and oxygen atoms in total. The number of aliphatic hydroxyl groups is 5. The summed E-state index contributed by atoms with van der Waals surface area (Å²) < 4.78 is 201. The van der Waals surface area contributed by atoms with E-state index in [9.17, 15) is 64.8 Å². The van der Waals surface area contributed by atoms with E-state index in [1.807, 2.05) is 20.8 Å². The van der Waals surface area contributed by atoms with Crippen LogP contribution < -0.4 is 0 Å². The van der Waals surface area contributed by atoms with Crippen molar-refractivity contribution >= 4 is 340 Å². The molecule has 7 fully saturated rings. The number of carbonyl (C=O) groups is 2. The van der Waals surface area contributed by atoms with E-state index in [1.54, 1.807) is 13.0 Å². The lowest BCUT2D eigenvalue weighted by atomic mass is 9.91. The molecule has 0 amide bonds. The lowest BCUT2D eigenvalue weighted by molar-refractivity contribution is -0.266. The highest BCUT2D eigenvalue weighted by molar-refractivity contribution is 7.80. The van der Waals surface area contributed by atoms with E-state index >= 15 is 0 Å². The van der Waals surface area contributed by atoms with Crippen LogP contribution in [0.4, 0.5) is 17.6 Å². The van der Waals surface area contributed by atoms with Crippen molar-refractivity contribution in [3.05, 3.63) is 0 Å². The number of phosphoric ester groups is 4. The third-order valence-electron chi connectivity index (χ3n) is 15.1. The molecule has 740 valence electrons. The number of nitriles is 1. The number of hydrogen-bond acceptors (Lipinski definition) is 34. The molecule has 7 aliphatic heterocycles. The third kappa shape index (κ3) is 60.5. The molecule has 0 aromatic rings. The summed E-state index contributed by atoms with van der Waals surface area (Å²) in [6.45, 7) is 4.34. The Morgan fingerprint density at radius 1 is 0.426 bits per heavy atom. The fourth-order valence-corrected chi connectivity index (χ4v) is 19.6. The molecule has 0 aromatic carbocycles. The van der Waals surface area contributed by atoms with Crippen molar-refractivity contribution in [2.45, 2.75) is 224 Å². The molecule has 2 unspecified atom stereocenters. The average molecular weight is 2360 g/mol. The second-order valence-electron chi connectivity index (χ2n) is 26.9. The molecule has 0 aromatic heterocycles. The largest absolute Gasteiger partial charge is 0.532 e. The van der Waals surface area contributed by atoms with Gasteiger partial charge in [-0.3, -0.25) is 31.9 Å². The van der Waals surface area contributed by atoms with E-state index in [0.717, 1.165) is 12.8 Å². The molecule has 7 saturated heterocycles. The summed E-state index contributed by atoms with van der Waals surface area (Å²) in [5.74, 6) is -1.51. The van der Waals surface area contributed by atoms with Crippen LogP contribution in [0.2, 0.25) is 0 Å². The summed E-state index contributed by atoms with van der Waals surface area (Å²) in [6, 6.07) is -2.76. The first-order chi connectivity index (χ1) is 57.5. The quantitative estimate of drug-likeness (QED) is 0.0105. The van der Waals surface area contributed by atoms with E-state index < -0.39 is 219 Å². The number of carbonyl (C=O) groups excluding carboxylic acids is 1. The smallest absolute Gasteiger partial charge is 0.481 e. The summed E-state index contributed by atoms with van der Waals surface area (Å²) in [4.78, 5) is 56.8. The summed E-state index contributed by atoms with van der Waals surface area (Å²) in [7, 11) is 6.23. The number of alkyl halides is 22. The van der Waals surface area contributed by atoms with Gasteiger partial charge >= 0.3 is 71.1 Å². The fourth-order valence-electron chi connectivity index (χ4n) is 9.96. The molecular weight excluding hydrogens is 2280 g/mol. The van der Waals surface area contributed by atoms with Gasteiger partial charge in [0.05, 0.1) is 56.2 Å². The Bertz CT molecular complexity index is 3580. The monoisotopic (exact) mass is 2350 g/mol. The van der Waals surface area contributed by atoms with Gasteiger partial charge in [0.1, 0.15) is 107 Å². The van der Waals surface area contributed by atoms with Crippen molar-refractivity contribution in [3.63, 3.8) is 0 Å². The van der Waals surface area contributed by atoms with Crippen LogP contribution in [0.15, 0.2) is 0 Å². The van der Waals surface area contributed by atoms with Crippen LogP contribution in [-0.4, -0.2) is 318 Å². The minimum atomic E-state index is -6.08. The number of ether oxygens (including phenoxy) is 7. The van der Waals surface area contributed by atoms with Gasteiger partial charge in [0.15, 0.2) is 18.3 Å². The van der Waals surface area contributed by atoms with Gasteiger partial charge in [-0.15, -0.1) is 0 Å². The van der Waals surface area contributed by atoms with Crippen LogP contribution >= 0.6 is 268 Å². The van der Waals surface area contributed by atoms with Gasteiger partial charge < -0.3 is 97.9 Å². The first-order valence-electron chi connectivity index (χ1n) is 35.0. The van der Waals surface area contributed by atoms with E-state index in [0.29, 0.717) is 25.2 Å². The van der Waals surface area contributed by atoms with E-state index in [-0.39, 0.29) is 78.6 Å². The molecule has 0 saturated carbocycles. The summed E-state index contributed by atoms with van der Waals surface area (Å²) in [6.07, 6.45) is -18.1. The lowest BCUT2D eigenvalue weighted by Gasteiger charge is -2.29. The molecule has 75 heteroatoms. The molecule has 12 N–H and O–H groups in total. The Morgan fingerprint density at radius 2 is 0.705 bits per heavy atom. The summed E-state index contributed by atoms with van der Waals surface area (Å²) in [5, 5.41) is 60.6. The number of rotatable bonds is 30. The van der Waals surface area contributed by atoms with E-state index in [1.165, 1.54) is 6.92 Å². The number of aliphatic hydroxyl groups excluding tert-OH is 5. The minimum absolute atomic E-state index is 0. The average Bonchev–Trinajstić information content (AvgIpc) is 1.78. The molecule has 0 aliphatic carbocycles. The molecule has 0 spiro atoms. The van der Waals surface area contributed by atoms with E-state index in [4.69, 9.17) is 372 Å². The van der Waals surface area contributed by atoms with Gasteiger partial charge in [0.25, 0.3) is 0 Å². The molecule has 7 heterocycles.